The summed E-state index contributed by atoms with van der Waals surface area (Å²) in [5.74, 6) is -1.69. The Balaban J connectivity index is 2.96. The molecule has 0 bridgehead atoms. The first kappa shape index (κ1) is 13.7. The Hall–Kier alpha value is -2.32. The van der Waals surface area contributed by atoms with Crippen LogP contribution >= 0.6 is 0 Å². The van der Waals surface area contributed by atoms with Crippen molar-refractivity contribution in [2.75, 3.05) is 0 Å². The number of hydrazone groups is 1. The van der Waals surface area contributed by atoms with Crippen molar-refractivity contribution in [3.05, 3.63) is 29.6 Å². The van der Waals surface area contributed by atoms with Crippen molar-refractivity contribution >= 4 is 12.2 Å². The van der Waals surface area contributed by atoms with Crippen LogP contribution in [-0.2, 0) is 0 Å². The molecular formula is C9H7F4N3O2. The third kappa shape index (κ3) is 4.68. The highest BCUT2D eigenvalue weighted by Crippen LogP contribution is 2.26. The van der Waals surface area contributed by atoms with E-state index in [1.54, 1.807) is 5.43 Å². The maximum absolute atomic E-state index is 12.8. The minimum atomic E-state index is -4.96. The molecular weight excluding hydrogens is 258 g/mol. The SMILES string of the molecule is NC(=O)NN=Cc1ccc(F)cc1OC(F)(F)F. The number of nitrogens with one attached hydrogen (secondary N) is 1. The first-order chi connectivity index (χ1) is 8.28. The second kappa shape index (κ2) is 5.34. The van der Waals surface area contributed by atoms with Crippen LogP contribution in [0.1, 0.15) is 5.56 Å². The van der Waals surface area contributed by atoms with E-state index in [-0.39, 0.29) is 5.56 Å². The van der Waals surface area contributed by atoms with Gasteiger partial charge >= 0.3 is 12.4 Å². The summed E-state index contributed by atoms with van der Waals surface area (Å²) < 4.78 is 52.5. The smallest absolute Gasteiger partial charge is 0.405 e. The van der Waals surface area contributed by atoms with Crippen LogP contribution in [0.3, 0.4) is 0 Å². The number of carbonyl (C=O) groups excluding carboxylic acids is 1. The summed E-state index contributed by atoms with van der Waals surface area (Å²) >= 11 is 0. The Morgan fingerprint density at radius 1 is 1.44 bits per heavy atom. The van der Waals surface area contributed by atoms with E-state index in [0.29, 0.717) is 6.07 Å². The van der Waals surface area contributed by atoms with Crippen molar-refractivity contribution in [1.82, 2.24) is 5.43 Å². The van der Waals surface area contributed by atoms with Crippen LogP contribution in [0.2, 0.25) is 0 Å². The number of rotatable bonds is 3. The maximum Gasteiger partial charge on any atom is 0.573 e. The van der Waals surface area contributed by atoms with E-state index in [4.69, 9.17) is 0 Å². The van der Waals surface area contributed by atoms with Gasteiger partial charge in [-0.25, -0.2) is 14.6 Å². The van der Waals surface area contributed by atoms with Crippen molar-refractivity contribution in [2.24, 2.45) is 10.8 Å². The lowest BCUT2D eigenvalue weighted by atomic mass is 10.2. The lowest BCUT2D eigenvalue weighted by Gasteiger charge is -2.10. The van der Waals surface area contributed by atoms with Gasteiger partial charge in [-0.1, -0.05) is 0 Å². The van der Waals surface area contributed by atoms with Crippen molar-refractivity contribution < 1.29 is 27.1 Å². The van der Waals surface area contributed by atoms with Crippen molar-refractivity contribution in [2.45, 2.75) is 6.36 Å². The Morgan fingerprint density at radius 2 is 2.11 bits per heavy atom. The van der Waals surface area contributed by atoms with E-state index in [0.717, 1.165) is 18.3 Å². The Bertz CT molecular complexity index is 473. The van der Waals surface area contributed by atoms with Gasteiger partial charge in [-0.05, 0) is 12.1 Å². The average molecular weight is 265 g/mol. The van der Waals surface area contributed by atoms with Crippen molar-refractivity contribution in [1.29, 1.82) is 0 Å². The fourth-order valence-corrected chi connectivity index (χ4v) is 0.993. The van der Waals surface area contributed by atoms with Crippen molar-refractivity contribution in [3.63, 3.8) is 0 Å². The second-order valence-electron chi connectivity index (χ2n) is 2.96. The van der Waals surface area contributed by atoms with E-state index >= 15 is 0 Å². The number of carbonyl (C=O) groups is 1. The number of primary amides is 1. The molecule has 98 valence electrons. The van der Waals surface area contributed by atoms with Gasteiger partial charge in [0.1, 0.15) is 11.6 Å². The highest BCUT2D eigenvalue weighted by Gasteiger charge is 2.32. The number of ether oxygens (including phenoxy) is 1. The van der Waals surface area contributed by atoms with Gasteiger partial charge in [0.15, 0.2) is 0 Å². The first-order valence-corrected chi connectivity index (χ1v) is 4.42. The van der Waals surface area contributed by atoms with Gasteiger partial charge in [0, 0.05) is 11.6 Å². The number of nitrogens with two attached hydrogens (primary N) is 1. The lowest BCUT2D eigenvalue weighted by Crippen LogP contribution is -2.24. The van der Waals surface area contributed by atoms with Gasteiger partial charge in [0.05, 0.1) is 6.21 Å². The molecule has 1 aromatic rings. The zero-order valence-corrected chi connectivity index (χ0v) is 8.66. The minimum absolute atomic E-state index is 0.178. The van der Waals surface area contributed by atoms with E-state index in [1.165, 1.54) is 0 Å². The summed E-state index contributed by atoms with van der Waals surface area (Å²) in [4.78, 5) is 10.3. The van der Waals surface area contributed by atoms with Gasteiger partial charge < -0.3 is 10.5 Å². The van der Waals surface area contributed by atoms with Crippen LogP contribution in [0.5, 0.6) is 5.75 Å². The third-order valence-electron chi connectivity index (χ3n) is 1.58. The zero-order chi connectivity index (χ0) is 13.8. The van der Waals surface area contributed by atoms with Crippen molar-refractivity contribution in [3.8, 4) is 5.75 Å². The molecule has 0 aliphatic rings. The fraction of sp³-hybridized carbons (Fsp3) is 0.111. The number of urea groups is 1. The fourth-order valence-electron chi connectivity index (χ4n) is 0.993. The van der Waals surface area contributed by atoms with E-state index in [9.17, 15) is 22.4 Å². The molecule has 0 aromatic heterocycles. The largest absolute Gasteiger partial charge is 0.573 e. The van der Waals surface area contributed by atoms with Crippen LogP contribution < -0.4 is 15.9 Å². The number of benzene rings is 1. The normalized spacial score (nSPS) is 11.6. The molecule has 0 saturated heterocycles. The number of hydrogen-bond acceptors (Lipinski definition) is 3. The lowest BCUT2D eigenvalue weighted by molar-refractivity contribution is -0.274. The summed E-state index contributed by atoms with van der Waals surface area (Å²) in [5, 5.41) is 3.24. The molecule has 2 amide bonds. The molecule has 1 rings (SSSR count). The molecule has 9 heteroatoms. The van der Waals surface area contributed by atoms with Gasteiger partial charge in [-0.2, -0.15) is 5.10 Å². The Kier molecular flexibility index (Phi) is 4.08. The monoisotopic (exact) mass is 265 g/mol. The molecule has 0 aliphatic heterocycles. The number of halogens is 4. The summed E-state index contributed by atoms with van der Waals surface area (Å²) in [7, 11) is 0. The van der Waals surface area contributed by atoms with Crippen LogP contribution in [0.15, 0.2) is 23.3 Å². The quantitative estimate of drug-likeness (QED) is 0.496. The molecule has 0 heterocycles. The summed E-state index contributed by atoms with van der Waals surface area (Å²) in [6, 6.07) is 1.46. The molecule has 0 atom stereocenters. The van der Waals surface area contributed by atoms with Crippen LogP contribution in [0, 0.1) is 5.82 Å². The van der Waals surface area contributed by atoms with Crippen LogP contribution in [-0.4, -0.2) is 18.6 Å². The molecule has 0 aliphatic carbocycles. The molecule has 0 unspecified atom stereocenters. The summed E-state index contributed by atoms with van der Waals surface area (Å²) in [5.41, 5.74) is 6.28. The number of alkyl halides is 3. The average Bonchev–Trinajstić information content (AvgIpc) is 2.18. The van der Waals surface area contributed by atoms with Crippen LogP contribution in [0.25, 0.3) is 0 Å². The predicted molar refractivity (Wildman–Crippen MR) is 53.4 cm³/mol. The summed E-state index contributed by atoms with van der Waals surface area (Å²) in [6.07, 6.45) is -4.13. The van der Waals surface area contributed by atoms with Gasteiger partial charge in [0.25, 0.3) is 0 Å². The molecule has 0 spiro atoms. The minimum Gasteiger partial charge on any atom is -0.405 e. The van der Waals surface area contributed by atoms with Gasteiger partial charge in [0.2, 0.25) is 0 Å². The molecule has 3 N–H and O–H groups in total. The van der Waals surface area contributed by atoms with E-state index in [2.05, 4.69) is 15.6 Å². The molecule has 1 aromatic carbocycles. The molecule has 5 nitrogen and oxygen atoms in total. The number of nitrogens with zero attached hydrogens (tertiary/aromatic N) is 1. The Labute approximate surface area is 98.2 Å². The predicted octanol–water partition coefficient (Wildman–Crippen LogP) is 1.73. The molecule has 18 heavy (non-hydrogen) atoms. The highest BCUT2D eigenvalue weighted by molar-refractivity contribution is 5.84. The van der Waals surface area contributed by atoms with Gasteiger partial charge in [-0.15, -0.1) is 13.2 Å². The topological polar surface area (TPSA) is 76.7 Å². The first-order valence-electron chi connectivity index (χ1n) is 4.42. The molecule has 0 saturated carbocycles. The van der Waals surface area contributed by atoms with Crippen LogP contribution in [0.4, 0.5) is 22.4 Å². The number of hydrogen-bond donors (Lipinski definition) is 2. The van der Waals surface area contributed by atoms with Gasteiger partial charge in [-0.3, -0.25) is 0 Å². The second-order valence-corrected chi connectivity index (χ2v) is 2.96. The van der Waals surface area contributed by atoms with E-state index < -0.39 is 24.0 Å². The zero-order valence-electron chi connectivity index (χ0n) is 8.66. The molecule has 0 fully saturated rings. The number of amides is 2. The Morgan fingerprint density at radius 3 is 2.67 bits per heavy atom. The third-order valence-corrected chi connectivity index (χ3v) is 1.58. The highest BCUT2D eigenvalue weighted by atomic mass is 19.4. The standard InChI is InChI=1S/C9H7F4N3O2/c10-6-2-1-5(4-15-16-8(14)17)7(3-6)18-9(11,12)13/h1-4H,(H3,14,16,17). The summed E-state index contributed by atoms with van der Waals surface area (Å²) in [6.45, 7) is 0. The van der Waals surface area contributed by atoms with E-state index in [1.807, 2.05) is 0 Å². The molecule has 0 radical (unpaired) electrons. The maximum atomic E-state index is 12.8.